The van der Waals surface area contributed by atoms with E-state index in [0.717, 1.165) is 6.08 Å². The lowest BCUT2D eigenvalue weighted by atomic mass is 10.1. The maximum atomic E-state index is 14.0. The lowest BCUT2D eigenvalue weighted by Crippen LogP contribution is -2.23. The van der Waals surface area contributed by atoms with Gasteiger partial charge in [0.25, 0.3) is 5.91 Å². The first-order valence-electron chi connectivity index (χ1n) is 5.37. The van der Waals surface area contributed by atoms with E-state index in [1.165, 1.54) is 44.3 Å². The standard InChI is InChI=1S/C13H14FNO3S/c1-15(2)13(17)9-6-4-8(12(19)11(9)14)5-7-10(16)18-3/h4-7,19H,1-3H3. The topological polar surface area (TPSA) is 46.6 Å². The van der Waals surface area contributed by atoms with Crippen molar-refractivity contribution in [2.75, 3.05) is 21.2 Å². The van der Waals surface area contributed by atoms with Crippen LogP contribution in [0.2, 0.25) is 0 Å². The number of ether oxygens (including phenoxy) is 1. The predicted molar refractivity (Wildman–Crippen MR) is 72.7 cm³/mol. The maximum Gasteiger partial charge on any atom is 0.330 e. The van der Waals surface area contributed by atoms with E-state index in [2.05, 4.69) is 17.4 Å². The quantitative estimate of drug-likeness (QED) is 0.524. The summed E-state index contributed by atoms with van der Waals surface area (Å²) in [6.45, 7) is 0. The van der Waals surface area contributed by atoms with Crippen LogP contribution >= 0.6 is 12.6 Å². The summed E-state index contributed by atoms with van der Waals surface area (Å²) in [6.07, 6.45) is 2.53. The summed E-state index contributed by atoms with van der Waals surface area (Å²) in [7, 11) is 4.31. The highest BCUT2D eigenvalue weighted by Gasteiger charge is 2.17. The minimum absolute atomic E-state index is 0.00727. The number of rotatable bonds is 3. The minimum atomic E-state index is -0.714. The summed E-state index contributed by atoms with van der Waals surface area (Å²) >= 11 is 4.03. The van der Waals surface area contributed by atoms with Crippen LogP contribution in [0.5, 0.6) is 0 Å². The van der Waals surface area contributed by atoms with Crippen molar-refractivity contribution < 1.29 is 18.7 Å². The van der Waals surface area contributed by atoms with E-state index in [9.17, 15) is 14.0 Å². The molecule has 102 valence electrons. The number of halogens is 1. The van der Waals surface area contributed by atoms with Crippen LogP contribution < -0.4 is 0 Å². The van der Waals surface area contributed by atoms with Gasteiger partial charge in [0.1, 0.15) is 5.82 Å². The molecular formula is C13H14FNO3S. The highest BCUT2D eigenvalue weighted by atomic mass is 32.1. The van der Waals surface area contributed by atoms with Crippen molar-refractivity contribution in [3.8, 4) is 0 Å². The summed E-state index contributed by atoms with van der Waals surface area (Å²) in [5.74, 6) is -1.72. The Morgan fingerprint density at radius 3 is 2.53 bits per heavy atom. The van der Waals surface area contributed by atoms with Gasteiger partial charge in [0, 0.05) is 25.1 Å². The lowest BCUT2D eigenvalue weighted by Gasteiger charge is -2.12. The third kappa shape index (κ3) is 3.57. The molecule has 0 aromatic heterocycles. The number of hydrogen-bond donors (Lipinski definition) is 1. The molecule has 0 aliphatic carbocycles. The van der Waals surface area contributed by atoms with Crippen LogP contribution in [0.15, 0.2) is 23.1 Å². The van der Waals surface area contributed by atoms with Crippen molar-refractivity contribution in [1.82, 2.24) is 4.90 Å². The molecule has 0 aliphatic rings. The molecule has 0 spiro atoms. The van der Waals surface area contributed by atoms with Crippen LogP contribution in [-0.4, -0.2) is 38.0 Å². The van der Waals surface area contributed by atoms with E-state index in [-0.39, 0.29) is 10.5 Å². The monoisotopic (exact) mass is 283 g/mol. The zero-order chi connectivity index (χ0) is 14.6. The first kappa shape index (κ1) is 15.2. The molecule has 0 atom stereocenters. The van der Waals surface area contributed by atoms with Gasteiger partial charge in [-0.3, -0.25) is 4.79 Å². The van der Waals surface area contributed by atoms with Crippen molar-refractivity contribution >= 4 is 30.6 Å². The van der Waals surface area contributed by atoms with Gasteiger partial charge in [0.15, 0.2) is 0 Å². The Kier molecular flexibility index (Phi) is 5.11. The lowest BCUT2D eigenvalue weighted by molar-refractivity contribution is -0.134. The fourth-order valence-electron chi connectivity index (χ4n) is 1.35. The number of carbonyl (C=O) groups excluding carboxylic acids is 2. The first-order valence-corrected chi connectivity index (χ1v) is 5.82. The molecule has 19 heavy (non-hydrogen) atoms. The van der Waals surface area contributed by atoms with Crippen LogP contribution in [0.25, 0.3) is 6.08 Å². The molecule has 0 bridgehead atoms. The van der Waals surface area contributed by atoms with Crippen LogP contribution in [0.4, 0.5) is 4.39 Å². The Balaban J connectivity index is 3.15. The molecule has 0 N–H and O–H groups in total. The number of methoxy groups -OCH3 is 1. The van der Waals surface area contributed by atoms with E-state index < -0.39 is 17.7 Å². The van der Waals surface area contributed by atoms with Gasteiger partial charge < -0.3 is 9.64 Å². The van der Waals surface area contributed by atoms with Gasteiger partial charge >= 0.3 is 5.97 Å². The molecule has 0 saturated heterocycles. The smallest absolute Gasteiger partial charge is 0.330 e. The number of thiol groups is 1. The van der Waals surface area contributed by atoms with E-state index in [1.807, 2.05) is 0 Å². The largest absolute Gasteiger partial charge is 0.466 e. The van der Waals surface area contributed by atoms with Crippen LogP contribution in [-0.2, 0) is 9.53 Å². The van der Waals surface area contributed by atoms with Crippen molar-refractivity contribution in [3.05, 3.63) is 35.2 Å². The average Bonchev–Trinajstić information content (AvgIpc) is 2.39. The van der Waals surface area contributed by atoms with Crippen molar-refractivity contribution in [3.63, 3.8) is 0 Å². The average molecular weight is 283 g/mol. The molecule has 1 aromatic rings. The van der Waals surface area contributed by atoms with Gasteiger partial charge in [-0.1, -0.05) is 6.07 Å². The normalized spacial score (nSPS) is 10.6. The first-order chi connectivity index (χ1) is 8.88. The molecule has 1 rings (SSSR count). The second-order valence-electron chi connectivity index (χ2n) is 3.92. The van der Waals surface area contributed by atoms with Gasteiger partial charge in [0.05, 0.1) is 12.7 Å². The van der Waals surface area contributed by atoms with Gasteiger partial charge in [-0.2, -0.15) is 0 Å². The summed E-state index contributed by atoms with van der Waals surface area (Å²) in [5.41, 5.74) is 0.326. The zero-order valence-corrected chi connectivity index (χ0v) is 11.7. The second kappa shape index (κ2) is 6.38. The predicted octanol–water partition coefficient (Wildman–Crippen LogP) is 2.00. The summed E-state index contributed by atoms with van der Waals surface area (Å²) in [6, 6.07) is 2.87. The number of benzene rings is 1. The molecular weight excluding hydrogens is 269 g/mol. The molecule has 0 aliphatic heterocycles. The Bertz CT molecular complexity index is 541. The molecule has 0 unspecified atom stereocenters. The van der Waals surface area contributed by atoms with Gasteiger partial charge in [-0.25, -0.2) is 9.18 Å². The van der Waals surface area contributed by atoms with Gasteiger partial charge in [-0.05, 0) is 17.7 Å². The number of amides is 1. The van der Waals surface area contributed by atoms with Crippen LogP contribution in [0.3, 0.4) is 0 Å². The Morgan fingerprint density at radius 2 is 2.00 bits per heavy atom. The minimum Gasteiger partial charge on any atom is -0.466 e. The Morgan fingerprint density at radius 1 is 1.37 bits per heavy atom. The fraction of sp³-hybridized carbons (Fsp3) is 0.231. The summed E-state index contributed by atoms with van der Waals surface area (Å²) < 4.78 is 18.4. The highest BCUT2D eigenvalue weighted by molar-refractivity contribution is 7.80. The van der Waals surface area contributed by atoms with Crippen molar-refractivity contribution in [1.29, 1.82) is 0 Å². The number of nitrogens with zero attached hydrogens (tertiary/aromatic N) is 1. The van der Waals surface area contributed by atoms with Gasteiger partial charge in [0.2, 0.25) is 0 Å². The number of carbonyl (C=O) groups is 2. The molecule has 1 amide bonds. The van der Waals surface area contributed by atoms with Crippen LogP contribution in [0.1, 0.15) is 15.9 Å². The zero-order valence-electron chi connectivity index (χ0n) is 10.8. The molecule has 0 heterocycles. The molecule has 1 aromatic carbocycles. The number of esters is 1. The highest BCUT2D eigenvalue weighted by Crippen LogP contribution is 2.23. The third-order valence-corrected chi connectivity index (χ3v) is 2.84. The molecule has 0 fully saturated rings. The molecule has 0 radical (unpaired) electrons. The van der Waals surface area contributed by atoms with E-state index >= 15 is 0 Å². The molecule has 4 nitrogen and oxygen atoms in total. The maximum absolute atomic E-state index is 14.0. The van der Waals surface area contributed by atoms with Gasteiger partial charge in [-0.15, -0.1) is 12.6 Å². The Hall–Kier alpha value is -1.82. The van der Waals surface area contributed by atoms with Crippen molar-refractivity contribution in [2.45, 2.75) is 4.90 Å². The SMILES string of the molecule is COC(=O)C=Cc1ccc(C(=O)N(C)C)c(F)c1S. The fourth-order valence-corrected chi connectivity index (χ4v) is 1.62. The third-order valence-electron chi connectivity index (χ3n) is 2.38. The van der Waals surface area contributed by atoms with Crippen molar-refractivity contribution in [2.24, 2.45) is 0 Å². The van der Waals surface area contributed by atoms with E-state index in [4.69, 9.17) is 0 Å². The van der Waals surface area contributed by atoms with E-state index in [0.29, 0.717) is 5.56 Å². The summed E-state index contributed by atoms with van der Waals surface area (Å²) in [5, 5.41) is 0. The molecule has 6 heteroatoms. The van der Waals surface area contributed by atoms with E-state index in [1.54, 1.807) is 0 Å². The van der Waals surface area contributed by atoms with Crippen LogP contribution in [0, 0.1) is 5.82 Å². The second-order valence-corrected chi connectivity index (χ2v) is 4.37. The molecule has 0 saturated carbocycles. The Labute approximate surface area is 116 Å². The number of hydrogen-bond acceptors (Lipinski definition) is 4. The summed E-state index contributed by atoms with van der Waals surface area (Å²) in [4.78, 5) is 23.9.